The Hall–Kier alpha value is -1.30. The first kappa shape index (κ1) is 10.2. The van der Waals surface area contributed by atoms with Crippen LogP contribution in [0.1, 0.15) is 31.7 Å². The maximum atomic E-state index is 9.84. The van der Waals surface area contributed by atoms with Gasteiger partial charge in [0.05, 0.1) is 19.3 Å². The van der Waals surface area contributed by atoms with E-state index in [-0.39, 0.29) is 18.2 Å². The summed E-state index contributed by atoms with van der Waals surface area (Å²) in [6.45, 7) is 0. The quantitative estimate of drug-likeness (QED) is 0.738. The van der Waals surface area contributed by atoms with Gasteiger partial charge >= 0.3 is 6.01 Å². The van der Waals surface area contributed by atoms with Gasteiger partial charge < -0.3 is 15.6 Å². The molecule has 0 spiro atoms. The SMILES string of the molecule is COc1nc(N)n(C2CCCCC2O)n1. The number of rotatable bonds is 2. The maximum Gasteiger partial charge on any atom is 0.337 e. The summed E-state index contributed by atoms with van der Waals surface area (Å²) >= 11 is 0. The van der Waals surface area contributed by atoms with Crippen molar-refractivity contribution < 1.29 is 9.84 Å². The highest BCUT2D eigenvalue weighted by Crippen LogP contribution is 2.30. The minimum atomic E-state index is -0.382. The van der Waals surface area contributed by atoms with Crippen molar-refractivity contribution in [3.8, 4) is 6.01 Å². The van der Waals surface area contributed by atoms with Crippen molar-refractivity contribution in [2.45, 2.75) is 37.8 Å². The number of nitrogens with zero attached hydrogens (tertiary/aromatic N) is 3. The summed E-state index contributed by atoms with van der Waals surface area (Å²) in [6, 6.07) is 0.195. The second-order valence-corrected chi connectivity index (χ2v) is 3.82. The third-order valence-corrected chi connectivity index (χ3v) is 2.83. The Morgan fingerprint density at radius 3 is 2.80 bits per heavy atom. The van der Waals surface area contributed by atoms with E-state index < -0.39 is 0 Å². The predicted molar refractivity (Wildman–Crippen MR) is 54.5 cm³/mol. The maximum absolute atomic E-state index is 9.84. The zero-order chi connectivity index (χ0) is 10.8. The minimum absolute atomic E-state index is 0.0600. The molecule has 15 heavy (non-hydrogen) atoms. The fourth-order valence-electron chi connectivity index (χ4n) is 2.02. The van der Waals surface area contributed by atoms with Crippen molar-refractivity contribution in [2.24, 2.45) is 0 Å². The molecule has 0 radical (unpaired) electrons. The summed E-state index contributed by atoms with van der Waals surface area (Å²) in [4.78, 5) is 3.94. The van der Waals surface area contributed by atoms with E-state index in [0.29, 0.717) is 5.95 Å². The van der Waals surface area contributed by atoms with Gasteiger partial charge in [0.1, 0.15) is 0 Å². The first-order valence-corrected chi connectivity index (χ1v) is 5.16. The van der Waals surface area contributed by atoms with Crippen molar-refractivity contribution >= 4 is 5.95 Å². The zero-order valence-corrected chi connectivity index (χ0v) is 8.76. The molecule has 2 atom stereocenters. The highest BCUT2D eigenvalue weighted by atomic mass is 16.5. The van der Waals surface area contributed by atoms with Gasteiger partial charge in [-0.1, -0.05) is 12.8 Å². The molecule has 1 aromatic rings. The van der Waals surface area contributed by atoms with E-state index in [1.54, 1.807) is 4.68 Å². The van der Waals surface area contributed by atoms with Crippen LogP contribution in [0.4, 0.5) is 5.95 Å². The molecule has 1 fully saturated rings. The smallest absolute Gasteiger partial charge is 0.337 e. The normalized spacial score (nSPS) is 26.5. The molecule has 1 aromatic heterocycles. The number of ether oxygens (including phenoxy) is 1. The molecule has 6 heteroatoms. The molecular weight excluding hydrogens is 196 g/mol. The number of hydrogen-bond donors (Lipinski definition) is 2. The van der Waals surface area contributed by atoms with Gasteiger partial charge in [0, 0.05) is 0 Å². The van der Waals surface area contributed by atoms with Crippen molar-refractivity contribution in [3.63, 3.8) is 0 Å². The Morgan fingerprint density at radius 1 is 1.47 bits per heavy atom. The first-order valence-electron chi connectivity index (χ1n) is 5.16. The van der Waals surface area contributed by atoms with Gasteiger partial charge in [-0.25, -0.2) is 4.68 Å². The van der Waals surface area contributed by atoms with Crippen LogP contribution in [0, 0.1) is 0 Å². The number of aromatic nitrogens is 3. The van der Waals surface area contributed by atoms with E-state index in [1.165, 1.54) is 7.11 Å². The molecule has 2 unspecified atom stereocenters. The third kappa shape index (κ3) is 1.90. The van der Waals surface area contributed by atoms with E-state index in [4.69, 9.17) is 10.5 Å². The number of aliphatic hydroxyl groups is 1. The number of anilines is 1. The third-order valence-electron chi connectivity index (χ3n) is 2.83. The molecule has 0 bridgehead atoms. The van der Waals surface area contributed by atoms with Crippen LogP contribution >= 0.6 is 0 Å². The lowest BCUT2D eigenvalue weighted by Gasteiger charge is -2.27. The van der Waals surface area contributed by atoms with Gasteiger partial charge in [0.25, 0.3) is 0 Å². The van der Waals surface area contributed by atoms with Crippen LogP contribution in [-0.4, -0.2) is 33.1 Å². The topological polar surface area (TPSA) is 86.2 Å². The van der Waals surface area contributed by atoms with Gasteiger partial charge in [0.2, 0.25) is 5.95 Å². The largest absolute Gasteiger partial charge is 0.466 e. The van der Waals surface area contributed by atoms with E-state index in [0.717, 1.165) is 25.7 Å². The summed E-state index contributed by atoms with van der Waals surface area (Å²) < 4.78 is 6.47. The van der Waals surface area contributed by atoms with E-state index in [1.807, 2.05) is 0 Å². The molecule has 1 heterocycles. The summed E-state index contributed by atoms with van der Waals surface area (Å²) in [7, 11) is 1.50. The fourth-order valence-corrected chi connectivity index (χ4v) is 2.02. The van der Waals surface area contributed by atoms with Gasteiger partial charge in [-0.2, -0.15) is 4.98 Å². The summed E-state index contributed by atoms with van der Waals surface area (Å²) in [6.07, 6.45) is 3.45. The van der Waals surface area contributed by atoms with E-state index in [9.17, 15) is 5.11 Å². The highest BCUT2D eigenvalue weighted by molar-refractivity contribution is 5.19. The van der Waals surface area contributed by atoms with Crippen LogP contribution in [0.25, 0.3) is 0 Å². The number of nitrogen functional groups attached to an aromatic ring is 1. The second-order valence-electron chi connectivity index (χ2n) is 3.82. The molecular formula is C9H16N4O2. The summed E-state index contributed by atoms with van der Waals surface area (Å²) in [5, 5.41) is 13.9. The molecule has 3 N–H and O–H groups in total. The molecule has 1 saturated carbocycles. The zero-order valence-electron chi connectivity index (χ0n) is 8.76. The Balaban J connectivity index is 2.23. The summed E-state index contributed by atoms with van der Waals surface area (Å²) in [5.74, 6) is 0.304. The Labute approximate surface area is 88.1 Å². The lowest BCUT2D eigenvalue weighted by atomic mass is 9.93. The Bertz CT molecular complexity index is 339. The second kappa shape index (κ2) is 4.06. The number of nitrogens with two attached hydrogens (primary N) is 1. The molecule has 0 saturated heterocycles. The molecule has 2 rings (SSSR count). The van der Waals surface area contributed by atoms with Crippen molar-refractivity contribution in [1.29, 1.82) is 0 Å². The standard InChI is InChI=1S/C9H16N4O2/c1-15-9-11-8(10)13(12-9)6-4-2-3-5-7(6)14/h6-7,14H,2-5H2,1H3,(H2,10,11,12). The lowest BCUT2D eigenvalue weighted by Crippen LogP contribution is -2.29. The number of methoxy groups -OCH3 is 1. The van der Waals surface area contributed by atoms with Crippen molar-refractivity contribution in [3.05, 3.63) is 0 Å². The van der Waals surface area contributed by atoms with Crippen molar-refractivity contribution in [1.82, 2.24) is 14.8 Å². The van der Waals surface area contributed by atoms with Crippen LogP contribution in [0.2, 0.25) is 0 Å². The highest BCUT2D eigenvalue weighted by Gasteiger charge is 2.27. The van der Waals surface area contributed by atoms with E-state index >= 15 is 0 Å². The first-order chi connectivity index (χ1) is 7.22. The molecule has 0 aliphatic heterocycles. The Morgan fingerprint density at radius 2 is 2.20 bits per heavy atom. The molecule has 1 aliphatic rings. The Kier molecular flexibility index (Phi) is 2.77. The molecule has 6 nitrogen and oxygen atoms in total. The van der Waals surface area contributed by atoms with Crippen LogP contribution in [0.15, 0.2) is 0 Å². The molecule has 0 amide bonds. The van der Waals surface area contributed by atoms with Gasteiger partial charge in [0.15, 0.2) is 0 Å². The average molecular weight is 212 g/mol. The fraction of sp³-hybridized carbons (Fsp3) is 0.778. The minimum Gasteiger partial charge on any atom is -0.466 e. The van der Waals surface area contributed by atoms with Gasteiger partial charge in [-0.15, -0.1) is 5.10 Å². The predicted octanol–water partition coefficient (Wildman–Crippen LogP) is 0.345. The van der Waals surface area contributed by atoms with Crippen LogP contribution in [-0.2, 0) is 0 Å². The van der Waals surface area contributed by atoms with Crippen LogP contribution < -0.4 is 10.5 Å². The molecule has 0 aromatic carbocycles. The molecule has 1 aliphatic carbocycles. The van der Waals surface area contributed by atoms with Gasteiger partial charge in [-0.3, -0.25) is 0 Å². The van der Waals surface area contributed by atoms with Crippen LogP contribution in [0.5, 0.6) is 6.01 Å². The van der Waals surface area contributed by atoms with Crippen molar-refractivity contribution in [2.75, 3.05) is 12.8 Å². The van der Waals surface area contributed by atoms with Crippen LogP contribution in [0.3, 0.4) is 0 Å². The number of hydrogen-bond acceptors (Lipinski definition) is 5. The monoisotopic (exact) mass is 212 g/mol. The van der Waals surface area contributed by atoms with Gasteiger partial charge in [-0.05, 0) is 12.8 Å². The average Bonchev–Trinajstić information content (AvgIpc) is 2.60. The number of aliphatic hydroxyl groups excluding tert-OH is 1. The van der Waals surface area contributed by atoms with E-state index in [2.05, 4.69) is 10.1 Å². The lowest BCUT2D eigenvalue weighted by molar-refractivity contribution is 0.0699. The summed E-state index contributed by atoms with van der Waals surface area (Å²) in [5.41, 5.74) is 5.71. The molecule has 84 valence electrons.